The third-order valence-corrected chi connectivity index (χ3v) is 7.62. The molecule has 3 fully saturated rings. The fraction of sp³-hybridized carbons (Fsp3) is 0.625. The average molecular weight is 459 g/mol. The number of nitrogens with zero attached hydrogens (tertiary/aromatic N) is 4. The highest BCUT2D eigenvalue weighted by atomic mass is 35.5. The van der Waals surface area contributed by atoms with Gasteiger partial charge in [0.05, 0.1) is 16.6 Å². The monoisotopic (exact) mass is 458 g/mol. The Labute approximate surface area is 193 Å². The molecule has 1 N–H and O–H groups in total. The van der Waals surface area contributed by atoms with Gasteiger partial charge in [-0.05, 0) is 75.0 Å². The first-order valence-corrected chi connectivity index (χ1v) is 12.3. The predicted octanol–water partition coefficient (Wildman–Crippen LogP) is 3.41. The zero-order chi connectivity index (χ0) is 22.4. The van der Waals surface area contributed by atoms with Gasteiger partial charge < -0.3 is 14.9 Å². The lowest BCUT2D eigenvalue weighted by Gasteiger charge is -2.35. The van der Waals surface area contributed by atoms with E-state index in [-0.39, 0.29) is 36.2 Å². The summed E-state index contributed by atoms with van der Waals surface area (Å²) in [5.41, 5.74) is 3.33. The molecule has 0 bridgehead atoms. The smallest absolute Gasteiger partial charge is 0.276 e. The van der Waals surface area contributed by atoms with Gasteiger partial charge in [-0.15, -0.1) is 0 Å². The fourth-order valence-corrected chi connectivity index (χ4v) is 5.47. The zero-order valence-corrected chi connectivity index (χ0v) is 19.4. The van der Waals surface area contributed by atoms with E-state index in [0.717, 1.165) is 49.7 Å². The first-order valence-electron chi connectivity index (χ1n) is 11.9. The highest BCUT2D eigenvalue weighted by Crippen LogP contribution is 2.41. The first kappa shape index (κ1) is 21.7. The van der Waals surface area contributed by atoms with Crippen molar-refractivity contribution in [3.8, 4) is 0 Å². The molecule has 0 radical (unpaired) electrons. The molecule has 5 rings (SSSR count). The zero-order valence-electron chi connectivity index (χ0n) is 18.6. The van der Waals surface area contributed by atoms with E-state index < -0.39 is 0 Å². The number of hydrogen-bond donors (Lipinski definition) is 1. The topological polar surface area (TPSA) is 78.2 Å². The van der Waals surface area contributed by atoms with Gasteiger partial charge in [0.25, 0.3) is 5.91 Å². The lowest BCUT2D eigenvalue weighted by Crippen LogP contribution is -2.46. The molecule has 0 aromatic carbocycles. The minimum absolute atomic E-state index is 0.0256. The summed E-state index contributed by atoms with van der Waals surface area (Å²) < 4.78 is 1.79. The summed E-state index contributed by atoms with van der Waals surface area (Å²) in [7, 11) is 0. The number of amides is 2. The van der Waals surface area contributed by atoms with Gasteiger partial charge in [0.2, 0.25) is 5.91 Å². The molecule has 3 aliphatic rings. The van der Waals surface area contributed by atoms with Gasteiger partial charge in [-0.2, -0.15) is 5.10 Å². The molecule has 1 aliphatic heterocycles. The summed E-state index contributed by atoms with van der Waals surface area (Å²) in [6, 6.07) is 4.40. The second-order valence-corrected chi connectivity index (χ2v) is 9.88. The number of pyridine rings is 1. The van der Waals surface area contributed by atoms with Crippen molar-refractivity contribution in [2.24, 2.45) is 0 Å². The van der Waals surface area contributed by atoms with Crippen LogP contribution in [0.1, 0.15) is 79.5 Å². The van der Waals surface area contributed by atoms with E-state index in [2.05, 4.69) is 24.2 Å². The van der Waals surface area contributed by atoms with Gasteiger partial charge in [0, 0.05) is 24.8 Å². The van der Waals surface area contributed by atoms with Gasteiger partial charge >= 0.3 is 0 Å². The van der Waals surface area contributed by atoms with E-state index in [4.69, 9.17) is 11.6 Å². The highest BCUT2D eigenvalue weighted by molar-refractivity contribution is 6.36. The van der Waals surface area contributed by atoms with Crippen molar-refractivity contribution >= 4 is 28.9 Å². The number of aromatic nitrogens is 2. The summed E-state index contributed by atoms with van der Waals surface area (Å²) in [6.07, 6.45) is 6.78. The van der Waals surface area contributed by atoms with Gasteiger partial charge in [-0.25, -0.2) is 4.52 Å². The molecule has 32 heavy (non-hydrogen) atoms. The number of fused-ring (bicyclic) bond motifs is 1. The molecular weight excluding hydrogens is 428 g/mol. The Balaban J connectivity index is 1.38. The normalized spacial score (nSPS) is 24.8. The van der Waals surface area contributed by atoms with Crippen LogP contribution < -0.4 is 0 Å². The molecule has 2 saturated carbocycles. The number of hydrogen-bond acceptors (Lipinski definition) is 4. The summed E-state index contributed by atoms with van der Waals surface area (Å²) in [5.74, 6) is 0.288. The van der Waals surface area contributed by atoms with Crippen molar-refractivity contribution in [2.45, 2.75) is 76.4 Å². The van der Waals surface area contributed by atoms with Crippen molar-refractivity contribution in [1.29, 1.82) is 0 Å². The largest absolute Gasteiger partial charge is 0.393 e. The number of halogens is 1. The van der Waals surface area contributed by atoms with Crippen LogP contribution in [-0.2, 0) is 11.2 Å². The van der Waals surface area contributed by atoms with Crippen LogP contribution in [-0.4, -0.2) is 68.1 Å². The van der Waals surface area contributed by atoms with E-state index >= 15 is 0 Å². The molecule has 7 nitrogen and oxygen atoms in total. The van der Waals surface area contributed by atoms with Crippen LogP contribution in [0.2, 0.25) is 5.02 Å². The lowest BCUT2D eigenvalue weighted by atomic mass is 9.92. The number of aryl methyl sites for hydroxylation is 1. The van der Waals surface area contributed by atoms with E-state index in [1.54, 1.807) is 9.42 Å². The van der Waals surface area contributed by atoms with Crippen molar-refractivity contribution in [2.75, 3.05) is 19.6 Å². The van der Waals surface area contributed by atoms with Crippen LogP contribution in [0.5, 0.6) is 0 Å². The third-order valence-electron chi connectivity index (χ3n) is 7.25. The minimum atomic E-state index is -0.275. The maximum Gasteiger partial charge on any atom is 0.276 e. The molecule has 2 aliphatic carbocycles. The van der Waals surface area contributed by atoms with Crippen LogP contribution in [0.3, 0.4) is 0 Å². The van der Waals surface area contributed by atoms with E-state index in [1.807, 2.05) is 4.90 Å². The molecule has 172 valence electrons. The predicted molar refractivity (Wildman–Crippen MR) is 122 cm³/mol. The Hall–Kier alpha value is -2.12. The Morgan fingerprint density at radius 2 is 1.91 bits per heavy atom. The van der Waals surface area contributed by atoms with E-state index in [1.165, 1.54) is 18.4 Å². The van der Waals surface area contributed by atoms with Gasteiger partial charge in [-0.3, -0.25) is 9.59 Å². The molecule has 2 aromatic heterocycles. The van der Waals surface area contributed by atoms with E-state index in [0.29, 0.717) is 24.0 Å². The molecule has 8 heteroatoms. The molecule has 3 heterocycles. The molecule has 2 aromatic rings. The Morgan fingerprint density at radius 1 is 1.16 bits per heavy atom. The van der Waals surface area contributed by atoms with Crippen molar-refractivity contribution in [1.82, 2.24) is 19.4 Å². The average Bonchev–Trinajstić information content (AvgIpc) is 3.61. The summed E-state index contributed by atoms with van der Waals surface area (Å²) in [5, 5.41) is 14.8. The summed E-state index contributed by atoms with van der Waals surface area (Å²) in [4.78, 5) is 30.0. The Bertz CT molecular complexity index is 1040. The molecular formula is C24H31ClN4O3. The standard InChI is InChI=1S/C24H31ClN4O3/c1-2-17-12-16(15-4-5-15)13-20-22(25)23(26-29(17)20)24(32)27-10-3-11-28(21(31)14-27)18-6-8-19(30)9-7-18/h12-13,15,18-19,30H,2-11,14H2,1H3. The van der Waals surface area contributed by atoms with Gasteiger partial charge in [0.15, 0.2) is 5.69 Å². The maximum absolute atomic E-state index is 13.4. The van der Waals surface area contributed by atoms with Crippen LogP contribution in [0.4, 0.5) is 0 Å². The Morgan fingerprint density at radius 3 is 2.59 bits per heavy atom. The Kier molecular flexibility index (Phi) is 5.88. The quantitative estimate of drug-likeness (QED) is 0.761. The van der Waals surface area contributed by atoms with Crippen molar-refractivity contribution < 1.29 is 14.7 Å². The van der Waals surface area contributed by atoms with Gasteiger partial charge in [-0.1, -0.05) is 18.5 Å². The van der Waals surface area contributed by atoms with Crippen LogP contribution >= 0.6 is 11.6 Å². The van der Waals surface area contributed by atoms with E-state index in [9.17, 15) is 14.7 Å². The highest BCUT2D eigenvalue weighted by Gasteiger charge is 2.34. The van der Waals surface area contributed by atoms with Crippen LogP contribution in [0.25, 0.3) is 5.52 Å². The summed E-state index contributed by atoms with van der Waals surface area (Å²) in [6.45, 7) is 3.28. The molecule has 0 spiro atoms. The number of carbonyl (C=O) groups is 2. The second kappa shape index (κ2) is 8.67. The van der Waals surface area contributed by atoms with Crippen molar-refractivity contribution in [3.05, 3.63) is 34.1 Å². The van der Waals surface area contributed by atoms with Crippen LogP contribution in [0, 0.1) is 0 Å². The van der Waals surface area contributed by atoms with Crippen LogP contribution in [0.15, 0.2) is 12.1 Å². The number of carbonyl (C=O) groups excluding carboxylic acids is 2. The molecule has 0 atom stereocenters. The number of rotatable bonds is 4. The lowest BCUT2D eigenvalue weighted by molar-refractivity contribution is -0.134. The summed E-state index contributed by atoms with van der Waals surface area (Å²) >= 11 is 6.69. The minimum Gasteiger partial charge on any atom is -0.393 e. The fourth-order valence-electron chi connectivity index (χ4n) is 5.22. The maximum atomic E-state index is 13.4. The second-order valence-electron chi connectivity index (χ2n) is 9.50. The SMILES string of the molecule is CCc1cc(C2CC2)cc2c(Cl)c(C(=O)N3CCCN(C4CCC(O)CC4)C(=O)C3)nn12. The molecule has 2 amide bonds. The number of aliphatic hydroxyl groups is 1. The molecule has 0 unspecified atom stereocenters. The van der Waals surface area contributed by atoms with Gasteiger partial charge in [0.1, 0.15) is 6.54 Å². The third kappa shape index (κ3) is 4.01. The van der Waals surface area contributed by atoms with Crippen molar-refractivity contribution in [3.63, 3.8) is 0 Å². The first-order chi connectivity index (χ1) is 15.5. The molecule has 1 saturated heterocycles. The number of aliphatic hydroxyl groups excluding tert-OH is 1.